The molecule has 0 spiro atoms. The van der Waals surface area contributed by atoms with Crippen LogP contribution < -0.4 is 0 Å². The number of carbonyl (C=O) groups excluding carboxylic acids is 2. The van der Waals surface area contributed by atoms with E-state index in [0.29, 0.717) is 25.7 Å². The van der Waals surface area contributed by atoms with Crippen molar-refractivity contribution in [1.29, 1.82) is 0 Å². The van der Waals surface area contributed by atoms with Crippen molar-refractivity contribution in [2.45, 2.75) is 106 Å². The van der Waals surface area contributed by atoms with Crippen molar-refractivity contribution >= 4 is 11.9 Å². The number of hydrogen-bond donors (Lipinski definition) is 1. The van der Waals surface area contributed by atoms with Crippen molar-refractivity contribution in [3.05, 3.63) is 0 Å². The number of methoxy groups -OCH3 is 1. The fourth-order valence-electron chi connectivity index (χ4n) is 4.21. The molecule has 0 saturated carbocycles. The van der Waals surface area contributed by atoms with Gasteiger partial charge in [0.25, 0.3) is 0 Å². The summed E-state index contributed by atoms with van der Waals surface area (Å²) in [5, 5.41) is 11.8. The number of carbonyl (C=O) groups is 2. The Labute approximate surface area is 165 Å². The van der Waals surface area contributed by atoms with E-state index in [1.165, 1.54) is 12.2 Å². The molecule has 0 aromatic heterocycles. The number of nitrogens with zero attached hydrogens (tertiary/aromatic N) is 1. The summed E-state index contributed by atoms with van der Waals surface area (Å²) >= 11 is 0. The third-order valence-corrected chi connectivity index (χ3v) is 5.72. The summed E-state index contributed by atoms with van der Waals surface area (Å²) in [6, 6.07) is 0. The van der Waals surface area contributed by atoms with Gasteiger partial charge in [-0.1, -0.05) is 14.4 Å². The van der Waals surface area contributed by atoms with Gasteiger partial charge in [-0.15, -0.1) is 0 Å². The molecule has 6 heteroatoms. The van der Waals surface area contributed by atoms with Crippen LogP contribution in [0.2, 0.25) is 0 Å². The van der Waals surface area contributed by atoms with Crippen molar-refractivity contribution in [2.24, 2.45) is 10.8 Å². The minimum Gasteiger partial charge on any atom is -0.469 e. The Morgan fingerprint density at radius 1 is 1.07 bits per heavy atom. The van der Waals surface area contributed by atoms with Crippen LogP contribution in [-0.4, -0.2) is 46.5 Å². The molecule has 1 unspecified atom stereocenters. The summed E-state index contributed by atoms with van der Waals surface area (Å²) in [7, 11) is 1.37. The summed E-state index contributed by atoms with van der Waals surface area (Å²) in [6.07, 6.45) is 1.77. The Morgan fingerprint density at radius 2 is 1.52 bits per heavy atom. The van der Waals surface area contributed by atoms with Crippen LogP contribution in [0.3, 0.4) is 0 Å². The summed E-state index contributed by atoms with van der Waals surface area (Å²) in [5.41, 5.74) is -2.52. The van der Waals surface area contributed by atoms with Gasteiger partial charge < -0.3 is 14.7 Å². The van der Waals surface area contributed by atoms with Crippen LogP contribution in [0.1, 0.15) is 88.5 Å². The third kappa shape index (κ3) is 5.67. The molecule has 1 rings (SSSR count). The molecule has 0 aromatic rings. The lowest BCUT2D eigenvalue weighted by Gasteiger charge is -2.51. The predicted molar refractivity (Wildman–Crippen MR) is 106 cm³/mol. The Morgan fingerprint density at radius 3 is 1.89 bits per heavy atom. The van der Waals surface area contributed by atoms with Crippen LogP contribution in [-0.2, 0) is 19.1 Å². The molecule has 1 N–H and O–H groups in total. The summed E-state index contributed by atoms with van der Waals surface area (Å²) < 4.78 is 10.8. The summed E-state index contributed by atoms with van der Waals surface area (Å²) in [6.45, 7) is 15.1. The molecule has 1 heterocycles. The molecule has 1 aliphatic heterocycles. The van der Waals surface area contributed by atoms with Gasteiger partial charge in [-0.25, -0.2) is 0 Å². The zero-order valence-corrected chi connectivity index (χ0v) is 17.9. The van der Waals surface area contributed by atoms with E-state index in [-0.39, 0.29) is 25.5 Å². The van der Waals surface area contributed by atoms with Gasteiger partial charge in [0.15, 0.2) is 0 Å². The van der Waals surface area contributed by atoms with E-state index < -0.39 is 21.9 Å². The Kier molecular flexibility index (Phi) is 8.12. The molecule has 0 radical (unpaired) electrons. The predicted octanol–water partition coefficient (Wildman–Crippen LogP) is 4.58. The van der Waals surface area contributed by atoms with Gasteiger partial charge in [-0.05, 0) is 61.3 Å². The average molecular weight is 388 g/mol. The lowest BCUT2D eigenvalue weighted by Crippen LogP contribution is -2.61. The first kappa shape index (κ1) is 25.9. The summed E-state index contributed by atoms with van der Waals surface area (Å²) in [4.78, 5) is 25.0. The Balaban J connectivity index is 0.00000676. The van der Waals surface area contributed by atoms with Crippen molar-refractivity contribution in [3.8, 4) is 0 Å². The normalized spacial score (nSPS) is 22.3. The molecule has 0 amide bonds. The van der Waals surface area contributed by atoms with Crippen LogP contribution >= 0.6 is 0 Å². The van der Waals surface area contributed by atoms with Gasteiger partial charge in [-0.3, -0.25) is 9.59 Å². The molecule has 1 atom stereocenters. The first-order valence-corrected chi connectivity index (χ1v) is 9.40. The van der Waals surface area contributed by atoms with Gasteiger partial charge in [0.2, 0.25) is 0 Å². The van der Waals surface area contributed by atoms with Crippen molar-refractivity contribution < 1.29 is 24.3 Å². The molecule has 1 saturated heterocycles. The highest BCUT2D eigenvalue weighted by Gasteiger charge is 2.48. The molecule has 0 bridgehead atoms. The Hall–Kier alpha value is -1.14. The van der Waals surface area contributed by atoms with Crippen molar-refractivity contribution in [3.63, 3.8) is 0 Å². The quantitative estimate of drug-likeness (QED) is 0.672. The molecule has 6 nitrogen and oxygen atoms in total. The van der Waals surface area contributed by atoms with E-state index in [1.54, 1.807) is 0 Å². The number of piperidine rings is 1. The standard InChI is InChI=1S/C20H37NO5.CH4/c1-10-20(8,16(23)25-9)13-17(2,3)15(22)26-14-11-18(4,5)21(24)19(6,7)12-14;/h14,24H,10-13H2,1-9H3;1H4. The summed E-state index contributed by atoms with van der Waals surface area (Å²) in [5.74, 6) is -0.624. The topological polar surface area (TPSA) is 76.1 Å². The van der Waals surface area contributed by atoms with Crippen LogP contribution in [0.4, 0.5) is 0 Å². The van der Waals surface area contributed by atoms with Gasteiger partial charge in [0.05, 0.1) is 17.9 Å². The van der Waals surface area contributed by atoms with E-state index in [2.05, 4.69) is 0 Å². The molecule has 27 heavy (non-hydrogen) atoms. The monoisotopic (exact) mass is 387 g/mol. The minimum atomic E-state index is -0.816. The van der Waals surface area contributed by atoms with Gasteiger partial charge >= 0.3 is 11.9 Å². The smallest absolute Gasteiger partial charge is 0.311 e. The minimum absolute atomic E-state index is 0. The lowest BCUT2D eigenvalue weighted by atomic mass is 9.72. The molecule has 1 aliphatic rings. The average Bonchev–Trinajstić information content (AvgIpc) is 2.50. The zero-order chi connectivity index (χ0) is 20.6. The van der Waals surface area contributed by atoms with Crippen molar-refractivity contribution in [2.75, 3.05) is 7.11 Å². The first-order valence-electron chi connectivity index (χ1n) is 9.40. The number of hydroxylamine groups is 2. The van der Waals surface area contributed by atoms with Crippen LogP contribution in [0.5, 0.6) is 0 Å². The van der Waals surface area contributed by atoms with E-state index in [9.17, 15) is 14.8 Å². The highest BCUT2D eigenvalue weighted by Crippen LogP contribution is 2.41. The number of rotatable bonds is 6. The molecule has 0 aliphatic carbocycles. The second-order valence-corrected chi connectivity index (χ2v) is 9.84. The largest absolute Gasteiger partial charge is 0.469 e. The highest BCUT2D eigenvalue weighted by molar-refractivity contribution is 5.80. The van der Waals surface area contributed by atoms with Gasteiger partial charge in [-0.2, -0.15) is 5.06 Å². The Bertz CT molecular complexity index is 523. The lowest BCUT2D eigenvalue weighted by molar-refractivity contribution is -0.260. The first-order chi connectivity index (χ1) is 11.6. The number of hydrogen-bond acceptors (Lipinski definition) is 6. The zero-order valence-electron chi connectivity index (χ0n) is 17.9. The molecular weight excluding hydrogens is 346 g/mol. The molecule has 160 valence electrons. The number of ether oxygens (including phenoxy) is 2. The molecule has 0 aromatic carbocycles. The maximum Gasteiger partial charge on any atom is 0.311 e. The second-order valence-electron chi connectivity index (χ2n) is 9.84. The van der Waals surface area contributed by atoms with Gasteiger partial charge in [0, 0.05) is 23.9 Å². The van der Waals surface area contributed by atoms with E-state index in [4.69, 9.17) is 9.47 Å². The second kappa shape index (κ2) is 8.48. The molecule has 1 fully saturated rings. The van der Waals surface area contributed by atoms with Crippen LogP contribution in [0, 0.1) is 10.8 Å². The van der Waals surface area contributed by atoms with E-state index >= 15 is 0 Å². The maximum atomic E-state index is 12.9. The van der Waals surface area contributed by atoms with Crippen LogP contribution in [0.25, 0.3) is 0 Å². The highest BCUT2D eigenvalue weighted by atomic mass is 16.6. The SMILES string of the molecule is C.CCC(C)(CC(C)(C)C(=O)OC1CC(C)(C)N(O)C(C)(C)C1)C(=O)OC. The third-order valence-electron chi connectivity index (χ3n) is 5.72. The van der Waals surface area contributed by atoms with Gasteiger partial charge in [0.1, 0.15) is 6.10 Å². The molecular formula is C21H41NO5. The van der Waals surface area contributed by atoms with E-state index in [1.807, 2.05) is 55.4 Å². The van der Waals surface area contributed by atoms with Crippen LogP contribution in [0.15, 0.2) is 0 Å². The fourth-order valence-corrected chi connectivity index (χ4v) is 4.21. The van der Waals surface area contributed by atoms with Crippen molar-refractivity contribution in [1.82, 2.24) is 5.06 Å². The fraction of sp³-hybridized carbons (Fsp3) is 0.905. The number of esters is 2. The maximum absolute atomic E-state index is 12.9. The van der Waals surface area contributed by atoms with E-state index in [0.717, 1.165) is 0 Å².